The van der Waals surface area contributed by atoms with Crippen molar-refractivity contribution >= 4 is 39.9 Å². The fraction of sp³-hybridized carbons (Fsp3) is 0.385. The van der Waals surface area contributed by atoms with Crippen LogP contribution in [0.2, 0.25) is 0 Å². The van der Waals surface area contributed by atoms with Crippen molar-refractivity contribution in [3.63, 3.8) is 0 Å². The Balaban J connectivity index is 0.998. The summed E-state index contributed by atoms with van der Waals surface area (Å²) >= 11 is 1.34. The number of nitrogens with one attached hydrogen (secondary N) is 1. The van der Waals surface area contributed by atoms with E-state index < -0.39 is 6.04 Å². The number of fused-ring (bicyclic) bond motifs is 1. The van der Waals surface area contributed by atoms with E-state index in [9.17, 15) is 14.4 Å². The molecule has 1 unspecified atom stereocenters. The molecule has 268 valence electrons. The highest BCUT2D eigenvalue weighted by Gasteiger charge is 2.38. The first-order valence-corrected chi connectivity index (χ1v) is 18.5. The molecule has 4 aromatic rings. The van der Waals surface area contributed by atoms with Gasteiger partial charge in [-0.3, -0.25) is 19.7 Å². The summed E-state index contributed by atoms with van der Waals surface area (Å²) in [6, 6.07) is 22.8. The van der Waals surface area contributed by atoms with E-state index in [1.165, 1.54) is 11.3 Å². The van der Waals surface area contributed by atoms with Crippen LogP contribution in [0.4, 0.5) is 10.8 Å². The zero-order chi connectivity index (χ0) is 35.4. The second-order valence-electron chi connectivity index (χ2n) is 12.4. The van der Waals surface area contributed by atoms with Gasteiger partial charge in [0.05, 0.1) is 39.5 Å². The lowest BCUT2D eigenvalue weighted by Gasteiger charge is -2.36. The number of piperazine rings is 1. The van der Waals surface area contributed by atoms with Crippen LogP contribution in [0.25, 0.3) is 11.1 Å². The molecule has 2 aliphatic rings. The number of carbonyl (C=O) groups is 3. The molecular weight excluding hydrogens is 667 g/mol. The predicted octanol–water partition coefficient (Wildman–Crippen LogP) is 5.64. The normalized spacial score (nSPS) is 14.8. The van der Waals surface area contributed by atoms with E-state index in [0.717, 1.165) is 54.1 Å². The van der Waals surface area contributed by atoms with Crippen LogP contribution < -0.4 is 10.2 Å². The maximum absolute atomic E-state index is 13.9. The average molecular weight is 712 g/mol. The minimum absolute atomic E-state index is 0.110. The van der Waals surface area contributed by atoms with E-state index in [1.54, 1.807) is 16.5 Å². The van der Waals surface area contributed by atoms with Gasteiger partial charge >= 0.3 is 0 Å². The monoisotopic (exact) mass is 711 g/mol. The van der Waals surface area contributed by atoms with Crippen molar-refractivity contribution in [3.8, 4) is 11.1 Å². The largest absolute Gasteiger partial charge is 0.379 e. The van der Waals surface area contributed by atoms with E-state index in [2.05, 4.69) is 46.4 Å². The number of anilines is 2. The summed E-state index contributed by atoms with van der Waals surface area (Å²) in [5.41, 5.74) is 5.26. The van der Waals surface area contributed by atoms with Gasteiger partial charge in [-0.2, -0.15) is 0 Å². The van der Waals surface area contributed by atoms with Gasteiger partial charge in [0.1, 0.15) is 6.04 Å². The van der Waals surface area contributed by atoms with Crippen molar-refractivity contribution in [2.75, 3.05) is 76.0 Å². The first kappa shape index (κ1) is 36.2. The van der Waals surface area contributed by atoms with Crippen LogP contribution in [0.3, 0.4) is 0 Å². The van der Waals surface area contributed by atoms with E-state index in [-0.39, 0.29) is 17.7 Å². The molecule has 51 heavy (non-hydrogen) atoms. The summed E-state index contributed by atoms with van der Waals surface area (Å²) < 4.78 is 16.4. The van der Waals surface area contributed by atoms with Crippen LogP contribution in [0, 0.1) is 0 Å². The Bertz CT molecular complexity index is 1730. The minimum atomic E-state index is -0.798. The maximum atomic E-state index is 13.9. The average Bonchev–Trinajstić information content (AvgIpc) is 3.80. The Morgan fingerprint density at radius 2 is 1.53 bits per heavy atom. The molecule has 0 saturated carbocycles. The highest BCUT2D eigenvalue weighted by Crippen LogP contribution is 2.35. The molecule has 1 aromatic heterocycles. The quantitative estimate of drug-likeness (QED) is 0.140. The number of hydrogen-bond donors (Lipinski definition) is 1. The summed E-state index contributed by atoms with van der Waals surface area (Å²) in [5, 5.41) is 5.17. The lowest BCUT2D eigenvalue weighted by Crippen LogP contribution is -2.49. The summed E-state index contributed by atoms with van der Waals surface area (Å²) in [6.45, 7) is 8.48. The topological polar surface area (TPSA) is 114 Å². The predicted molar refractivity (Wildman–Crippen MR) is 198 cm³/mol. The molecule has 1 fully saturated rings. The lowest BCUT2D eigenvalue weighted by molar-refractivity contribution is -0.132. The Morgan fingerprint density at radius 3 is 2.22 bits per heavy atom. The Hall–Kier alpha value is -4.62. The molecule has 1 saturated heterocycles. The van der Waals surface area contributed by atoms with Gasteiger partial charge < -0.3 is 28.9 Å². The molecular formula is C39H45N5O6S. The standard InChI is InChI=1S/C39H45N5O6S/c1-2-20-48-22-24-50-25-23-49-21-14-35(45)43-18-16-42(17-19-43)33-12-10-29(11-13-33)31-8-9-32-28-44(38(47)34(32)27-31)36(30-6-4-3-5-7-30)37(46)41-39-40-15-26-51-39/h3-13,15,26-27,36H,2,14,16-25,28H2,1H3,(H,40,41,46). The number of nitrogens with zero attached hydrogens (tertiary/aromatic N) is 4. The van der Waals surface area contributed by atoms with Gasteiger partial charge in [-0.05, 0) is 46.9 Å². The number of aromatic nitrogens is 1. The third-order valence-electron chi connectivity index (χ3n) is 9.03. The van der Waals surface area contributed by atoms with Gasteiger partial charge in [-0.1, -0.05) is 61.5 Å². The van der Waals surface area contributed by atoms with Crippen molar-refractivity contribution in [2.45, 2.75) is 32.4 Å². The molecule has 12 heteroatoms. The SMILES string of the molecule is CCCOCCOCCOCCC(=O)N1CCN(c2ccc(-c3ccc4c(c3)C(=O)N(C(C(=O)Nc3nccs3)c3ccccc3)C4)cc2)CC1. The summed E-state index contributed by atoms with van der Waals surface area (Å²) in [4.78, 5) is 50.2. The van der Waals surface area contributed by atoms with Gasteiger partial charge in [0.15, 0.2) is 5.13 Å². The zero-order valence-electron chi connectivity index (χ0n) is 29.0. The van der Waals surface area contributed by atoms with Crippen molar-refractivity contribution < 1.29 is 28.6 Å². The van der Waals surface area contributed by atoms with E-state index >= 15 is 0 Å². The molecule has 2 aliphatic heterocycles. The highest BCUT2D eigenvalue weighted by atomic mass is 32.1. The van der Waals surface area contributed by atoms with Crippen LogP contribution in [0.1, 0.15) is 47.3 Å². The Labute approximate surface area is 303 Å². The summed E-state index contributed by atoms with van der Waals surface area (Å²) in [7, 11) is 0. The third-order valence-corrected chi connectivity index (χ3v) is 9.72. The molecule has 1 N–H and O–H groups in total. The fourth-order valence-electron chi connectivity index (χ4n) is 6.36. The Morgan fingerprint density at radius 1 is 0.843 bits per heavy atom. The van der Waals surface area contributed by atoms with Gasteiger partial charge in [0, 0.05) is 62.2 Å². The Kier molecular flexibility index (Phi) is 12.8. The van der Waals surface area contributed by atoms with E-state index in [1.807, 2.05) is 53.4 Å². The molecule has 3 amide bonds. The lowest BCUT2D eigenvalue weighted by atomic mass is 10.00. The zero-order valence-corrected chi connectivity index (χ0v) is 29.8. The van der Waals surface area contributed by atoms with E-state index in [0.29, 0.717) is 69.8 Å². The molecule has 3 aromatic carbocycles. The third kappa shape index (κ3) is 9.39. The molecule has 3 heterocycles. The smallest absolute Gasteiger partial charge is 0.255 e. The first-order valence-electron chi connectivity index (χ1n) is 17.6. The molecule has 0 spiro atoms. The molecule has 0 radical (unpaired) electrons. The maximum Gasteiger partial charge on any atom is 0.255 e. The number of amides is 3. The van der Waals surface area contributed by atoms with Gasteiger partial charge in [0.2, 0.25) is 5.91 Å². The van der Waals surface area contributed by atoms with Gasteiger partial charge in [0.25, 0.3) is 11.8 Å². The number of carbonyl (C=O) groups excluding carboxylic acids is 3. The van der Waals surface area contributed by atoms with Crippen LogP contribution in [0.5, 0.6) is 0 Å². The number of ether oxygens (including phenoxy) is 3. The van der Waals surface area contributed by atoms with Crippen molar-refractivity contribution in [2.24, 2.45) is 0 Å². The summed E-state index contributed by atoms with van der Waals surface area (Å²) in [6.07, 6.45) is 3.00. The van der Waals surface area contributed by atoms with Crippen molar-refractivity contribution in [3.05, 3.63) is 101 Å². The number of hydrogen-bond acceptors (Lipinski definition) is 9. The van der Waals surface area contributed by atoms with Crippen LogP contribution >= 0.6 is 11.3 Å². The van der Waals surface area contributed by atoms with E-state index in [4.69, 9.17) is 14.2 Å². The molecule has 6 rings (SSSR count). The second kappa shape index (κ2) is 18.0. The second-order valence-corrected chi connectivity index (χ2v) is 13.3. The van der Waals surface area contributed by atoms with Gasteiger partial charge in [-0.15, -0.1) is 11.3 Å². The van der Waals surface area contributed by atoms with Crippen LogP contribution in [0.15, 0.2) is 84.4 Å². The van der Waals surface area contributed by atoms with Crippen molar-refractivity contribution in [1.29, 1.82) is 0 Å². The van der Waals surface area contributed by atoms with Crippen LogP contribution in [-0.2, 0) is 30.3 Å². The fourth-order valence-corrected chi connectivity index (χ4v) is 6.89. The summed E-state index contributed by atoms with van der Waals surface area (Å²) in [5.74, 6) is -0.365. The first-order chi connectivity index (χ1) is 25.0. The van der Waals surface area contributed by atoms with Crippen molar-refractivity contribution in [1.82, 2.24) is 14.8 Å². The molecule has 11 nitrogen and oxygen atoms in total. The highest BCUT2D eigenvalue weighted by molar-refractivity contribution is 7.13. The number of rotatable bonds is 17. The molecule has 0 bridgehead atoms. The van der Waals surface area contributed by atoms with Crippen LogP contribution in [-0.4, -0.2) is 98.3 Å². The minimum Gasteiger partial charge on any atom is -0.379 e. The molecule has 0 aliphatic carbocycles. The number of thiazole rings is 1. The van der Waals surface area contributed by atoms with Gasteiger partial charge in [-0.25, -0.2) is 4.98 Å². The molecule has 1 atom stereocenters. The number of benzene rings is 3.